The van der Waals surface area contributed by atoms with E-state index in [4.69, 9.17) is 10.7 Å². The minimum atomic E-state index is 0.403. The second-order valence-corrected chi connectivity index (χ2v) is 4.63. The van der Waals surface area contributed by atoms with Gasteiger partial charge in [0.05, 0.1) is 5.69 Å². The molecule has 2 rings (SSSR count). The molecule has 0 aliphatic rings. The number of hydrogen-bond acceptors (Lipinski definition) is 2. The summed E-state index contributed by atoms with van der Waals surface area (Å²) in [5, 5.41) is 0. The van der Waals surface area contributed by atoms with Crippen LogP contribution in [0.2, 0.25) is 0 Å². The highest BCUT2D eigenvalue weighted by Crippen LogP contribution is 2.29. The first kappa shape index (κ1) is 12.7. The summed E-state index contributed by atoms with van der Waals surface area (Å²) in [6.07, 6.45) is 1.05. The van der Waals surface area contributed by atoms with Crippen molar-refractivity contribution in [2.75, 3.05) is 5.73 Å². The van der Waals surface area contributed by atoms with Crippen molar-refractivity contribution in [3.05, 3.63) is 36.0 Å². The Hall–Kier alpha value is -1.77. The van der Waals surface area contributed by atoms with Gasteiger partial charge in [-0.15, -0.1) is 0 Å². The van der Waals surface area contributed by atoms with Crippen LogP contribution in [0.3, 0.4) is 0 Å². The van der Waals surface area contributed by atoms with Crippen LogP contribution in [0.25, 0.3) is 11.4 Å². The van der Waals surface area contributed by atoms with Crippen LogP contribution in [0.1, 0.15) is 38.8 Å². The van der Waals surface area contributed by atoms with Crippen LogP contribution in [0, 0.1) is 0 Å². The molecule has 1 heterocycles. The summed E-state index contributed by atoms with van der Waals surface area (Å²) in [6.45, 7) is 7.29. The second kappa shape index (κ2) is 5.25. The van der Waals surface area contributed by atoms with Gasteiger partial charge in [-0.3, -0.25) is 0 Å². The molecule has 1 unspecified atom stereocenters. The zero-order valence-electron chi connectivity index (χ0n) is 11.4. The molecule has 0 saturated heterocycles. The van der Waals surface area contributed by atoms with E-state index in [2.05, 4.69) is 37.5 Å². The van der Waals surface area contributed by atoms with Gasteiger partial charge in [0.15, 0.2) is 0 Å². The van der Waals surface area contributed by atoms with Gasteiger partial charge >= 0.3 is 0 Å². The normalized spacial score (nSPS) is 12.6. The summed E-state index contributed by atoms with van der Waals surface area (Å²) in [7, 11) is 0. The van der Waals surface area contributed by atoms with Crippen molar-refractivity contribution in [3.63, 3.8) is 0 Å². The molecule has 0 amide bonds. The maximum atomic E-state index is 6.23. The lowest BCUT2D eigenvalue weighted by Crippen LogP contribution is -2.04. The van der Waals surface area contributed by atoms with Crippen molar-refractivity contribution in [1.82, 2.24) is 9.55 Å². The van der Waals surface area contributed by atoms with Crippen molar-refractivity contribution in [3.8, 4) is 11.4 Å². The Morgan fingerprint density at radius 1 is 1.22 bits per heavy atom. The molecule has 3 heteroatoms. The van der Waals surface area contributed by atoms with Crippen LogP contribution in [0.4, 0.5) is 5.82 Å². The molecule has 0 aliphatic carbocycles. The van der Waals surface area contributed by atoms with Gasteiger partial charge in [-0.1, -0.05) is 44.2 Å². The molecule has 96 valence electrons. The Bertz CT molecular complexity index is 514. The van der Waals surface area contributed by atoms with Crippen LogP contribution in [0.15, 0.2) is 30.3 Å². The van der Waals surface area contributed by atoms with E-state index in [1.807, 2.05) is 18.2 Å². The fraction of sp³-hybridized carbons (Fsp3) is 0.400. The van der Waals surface area contributed by atoms with E-state index in [0.717, 1.165) is 35.9 Å². The van der Waals surface area contributed by atoms with Gasteiger partial charge in [0.25, 0.3) is 0 Å². The highest BCUT2D eigenvalue weighted by Gasteiger charge is 2.18. The van der Waals surface area contributed by atoms with Gasteiger partial charge < -0.3 is 10.3 Å². The third-order valence-electron chi connectivity index (χ3n) is 3.46. The molecule has 0 fully saturated rings. The fourth-order valence-corrected chi connectivity index (χ4v) is 2.17. The van der Waals surface area contributed by atoms with Crippen LogP contribution < -0.4 is 5.73 Å². The minimum Gasteiger partial charge on any atom is -0.384 e. The molecular formula is C15H21N3. The van der Waals surface area contributed by atoms with Gasteiger partial charge in [-0.2, -0.15) is 0 Å². The van der Waals surface area contributed by atoms with E-state index in [1.165, 1.54) is 0 Å². The van der Waals surface area contributed by atoms with E-state index >= 15 is 0 Å². The molecule has 0 radical (unpaired) electrons. The van der Waals surface area contributed by atoms with Gasteiger partial charge in [0.2, 0.25) is 0 Å². The van der Waals surface area contributed by atoms with Crippen molar-refractivity contribution in [2.45, 2.75) is 39.7 Å². The minimum absolute atomic E-state index is 0.403. The standard InChI is InChI=1S/C15H21N3/c1-4-11(3)13-14(16)18(5-2)15(17-13)12-9-7-6-8-10-12/h6-11H,4-5,16H2,1-3H3. The number of rotatable bonds is 4. The fourth-order valence-electron chi connectivity index (χ4n) is 2.17. The summed E-state index contributed by atoms with van der Waals surface area (Å²) in [4.78, 5) is 4.76. The zero-order chi connectivity index (χ0) is 13.1. The van der Waals surface area contributed by atoms with Gasteiger partial charge in [-0.25, -0.2) is 4.98 Å². The zero-order valence-corrected chi connectivity index (χ0v) is 11.4. The first-order valence-electron chi connectivity index (χ1n) is 6.60. The molecule has 0 aliphatic heterocycles. The maximum Gasteiger partial charge on any atom is 0.141 e. The van der Waals surface area contributed by atoms with Crippen molar-refractivity contribution < 1.29 is 0 Å². The number of nitrogen functional groups attached to an aromatic ring is 1. The van der Waals surface area contributed by atoms with E-state index in [0.29, 0.717) is 5.92 Å². The summed E-state index contributed by atoms with van der Waals surface area (Å²) in [5.74, 6) is 2.19. The molecule has 2 N–H and O–H groups in total. The monoisotopic (exact) mass is 243 g/mol. The molecule has 2 aromatic rings. The average Bonchev–Trinajstić information content (AvgIpc) is 2.76. The SMILES string of the molecule is CCC(C)c1nc(-c2ccccc2)n(CC)c1N. The molecule has 0 saturated carbocycles. The molecular weight excluding hydrogens is 222 g/mol. The van der Waals surface area contributed by atoms with Gasteiger partial charge in [0.1, 0.15) is 11.6 Å². The number of nitrogens with zero attached hydrogens (tertiary/aromatic N) is 2. The first-order chi connectivity index (χ1) is 8.69. The Kier molecular flexibility index (Phi) is 3.70. The first-order valence-corrected chi connectivity index (χ1v) is 6.60. The van der Waals surface area contributed by atoms with E-state index in [1.54, 1.807) is 0 Å². The lowest BCUT2D eigenvalue weighted by Gasteiger charge is -2.08. The van der Waals surface area contributed by atoms with Crippen molar-refractivity contribution in [2.24, 2.45) is 0 Å². The number of hydrogen-bond donors (Lipinski definition) is 1. The molecule has 3 nitrogen and oxygen atoms in total. The topological polar surface area (TPSA) is 43.8 Å². The Labute approximate surface area is 109 Å². The number of nitrogens with two attached hydrogens (primary N) is 1. The molecule has 1 atom stereocenters. The third kappa shape index (κ3) is 2.13. The largest absolute Gasteiger partial charge is 0.384 e. The lowest BCUT2D eigenvalue weighted by molar-refractivity contribution is 0.713. The Balaban J connectivity index is 2.55. The van der Waals surface area contributed by atoms with E-state index in [-0.39, 0.29) is 0 Å². The third-order valence-corrected chi connectivity index (χ3v) is 3.46. The summed E-state index contributed by atoms with van der Waals surface area (Å²) in [6, 6.07) is 10.2. The van der Waals surface area contributed by atoms with Crippen LogP contribution in [-0.2, 0) is 6.54 Å². The second-order valence-electron chi connectivity index (χ2n) is 4.63. The van der Waals surface area contributed by atoms with Gasteiger partial charge in [0, 0.05) is 18.0 Å². The maximum absolute atomic E-state index is 6.23. The smallest absolute Gasteiger partial charge is 0.141 e. The summed E-state index contributed by atoms with van der Waals surface area (Å²) < 4.78 is 2.09. The molecule has 18 heavy (non-hydrogen) atoms. The lowest BCUT2D eigenvalue weighted by atomic mass is 10.1. The van der Waals surface area contributed by atoms with Crippen molar-refractivity contribution >= 4 is 5.82 Å². The molecule has 1 aromatic heterocycles. The van der Waals surface area contributed by atoms with E-state index in [9.17, 15) is 0 Å². The number of benzene rings is 1. The van der Waals surface area contributed by atoms with Gasteiger partial charge in [-0.05, 0) is 13.3 Å². The van der Waals surface area contributed by atoms with Crippen LogP contribution in [0.5, 0.6) is 0 Å². The van der Waals surface area contributed by atoms with E-state index < -0.39 is 0 Å². The Morgan fingerprint density at radius 2 is 1.89 bits per heavy atom. The number of imidazole rings is 1. The highest BCUT2D eigenvalue weighted by atomic mass is 15.1. The molecule has 1 aromatic carbocycles. The quantitative estimate of drug-likeness (QED) is 0.890. The van der Waals surface area contributed by atoms with Crippen LogP contribution in [-0.4, -0.2) is 9.55 Å². The van der Waals surface area contributed by atoms with Crippen molar-refractivity contribution in [1.29, 1.82) is 0 Å². The number of aromatic nitrogens is 2. The molecule has 0 bridgehead atoms. The predicted molar refractivity (Wildman–Crippen MR) is 76.5 cm³/mol. The Morgan fingerprint density at radius 3 is 2.44 bits per heavy atom. The molecule has 0 spiro atoms. The predicted octanol–water partition coefficient (Wildman–Crippen LogP) is 3.67. The summed E-state index contributed by atoms with van der Waals surface area (Å²) >= 11 is 0. The van der Waals surface area contributed by atoms with Crippen LogP contribution >= 0.6 is 0 Å². The number of anilines is 1. The summed E-state index contributed by atoms with van der Waals surface area (Å²) in [5.41, 5.74) is 8.38. The highest BCUT2D eigenvalue weighted by molar-refractivity contribution is 5.60. The average molecular weight is 243 g/mol.